The predicted molar refractivity (Wildman–Crippen MR) is 110 cm³/mol. The van der Waals surface area contributed by atoms with E-state index in [1.807, 2.05) is 6.92 Å². The summed E-state index contributed by atoms with van der Waals surface area (Å²) in [4.78, 5) is 14.9. The van der Waals surface area contributed by atoms with Crippen molar-refractivity contribution in [3.05, 3.63) is 28.2 Å². The van der Waals surface area contributed by atoms with E-state index in [4.69, 9.17) is 23.2 Å². The van der Waals surface area contributed by atoms with Gasteiger partial charge in [0.25, 0.3) is 0 Å². The Bertz CT molecular complexity index is 848. The molecular formula is C18H21Cl2N5OS. The van der Waals surface area contributed by atoms with Crippen molar-refractivity contribution in [1.82, 2.24) is 14.8 Å². The molecule has 9 heteroatoms. The average molecular weight is 426 g/mol. The number of nitrogens with zero attached hydrogens (tertiary/aromatic N) is 4. The van der Waals surface area contributed by atoms with E-state index >= 15 is 0 Å². The second-order valence-corrected chi connectivity index (χ2v) is 9.10. The minimum absolute atomic E-state index is 0.141. The number of carbonyl (C=O) groups excluding carboxylic acids is 1. The van der Waals surface area contributed by atoms with E-state index in [0.717, 1.165) is 37.0 Å². The van der Waals surface area contributed by atoms with Crippen molar-refractivity contribution in [1.29, 1.82) is 0 Å². The summed E-state index contributed by atoms with van der Waals surface area (Å²) in [6.07, 6.45) is 4.68. The Morgan fingerprint density at radius 3 is 2.70 bits per heavy atom. The highest BCUT2D eigenvalue weighted by Gasteiger charge is 2.33. The van der Waals surface area contributed by atoms with E-state index < -0.39 is 0 Å². The van der Waals surface area contributed by atoms with E-state index in [1.165, 1.54) is 24.6 Å². The van der Waals surface area contributed by atoms with Crippen molar-refractivity contribution in [2.75, 3.05) is 23.3 Å². The molecule has 1 atom stereocenters. The third-order valence-corrected chi connectivity index (χ3v) is 6.41. The van der Waals surface area contributed by atoms with Gasteiger partial charge in [-0.2, -0.15) is 0 Å². The molecule has 0 spiro atoms. The lowest BCUT2D eigenvalue weighted by molar-refractivity contribution is -0.115. The number of aromatic nitrogens is 3. The van der Waals surface area contributed by atoms with Crippen molar-refractivity contribution in [2.24, 2.45) is 0 Å². The maximum absolute atomic E-state index is 12.6. The number of hydrogen-bond acceptors (Lipinski definition) is 5. The highest BCUT2D eigenvalue weighted by molar-refractivity contribution is 8.00. The first-order chi connectivity index (χ1) is 13.0. The molecule has 1 aromatic heterocycles. The summed E-state index contributed by atoms with van der Waals surface area (Å²) in [6.45, 7) is 3.91. The average Bonchev–Trinajstić information content (AvgIpc) is 3.16. The number of halogens is 2. The molecule has 1 aliphatic carbocycles. The van der Waals surface area contributed by atoms with Gasteiger partial charge in [-0.05, 0) is 50.8 Å². The van der Waals surface area contributed by atoms with Gasteiger partial charge in [-0.1, -0.05) is 35.0 Å². The molecule has 1 saturated heterocycles. The van der Waals surface area contributed by atoms with E-state index in [-0.39, 0.29) is 11.2 Å². The maximum Gasteiger partial charge on any atom is 0.237 e. The maximum atomic E-state index is 12.6. The minimum atomic E-state index is -0.340. The Labute approximate surface area is 172 Å². The Kier molecular flexibility index (Phi) is 5.53. The standard InChI is InChI=1S/C18H21Cl2N5OS/c1-11(16(26)21-15-10-12(19)4-7-14(15)20)27-18-23-22-17(24-8-2-3-9-24)25(18)13-5-6-13/h4,7,10-11,13H,2-3,5-6,8-9H2,1H3,(H,21,26). The van der Waals surface area contributed by atoms with E-state index in [9.17, 15) is 4.79 Å². The molecule has 2 aromatic rings. The van der Waals surface area contributed by atoms with Crippen molar-refractivity contribution in [2.45, 2.75) is 49.1 Å². The number of hydrogen-bond donors (Lipinski definition) is 1. The van der Waals surface area contributed by atoms with Crippen LogP contribution in [0.15, 0.2) is 23.4 Å². The van der Waals surface area contributed by atoms with Gasteiger partial charge in [0.15, 0.2) is 5.16 Å². The molecule has 6 nitrogen and oxygen atoms in total. The second kappa shape index (κ2) is 7.89. The first kappa shape index (κ1) is 18.9. The zero-order valence-electron chi connectivity index (χ0n) is 15.0. The molecule has 144 valence electrons. The van der Waals surface area contributed by atoms with Crippen LogP contribution in [-0.2, 0) is 4.79 Å². The number of nitrogens with one attached hydrogen (secondary N) is 1. The number of amides is 1. The van der Waals surface area contributed by atoms with E-state index in [0.29, 0.717) is 21.8 Å². The fourth-order valence-electron chi connectivity index (χ4n) is 3.17. The summed E-state index contributed by atoms with van der Waals surface area (Å²) in [5.41, 5.74) is 0.517. The second-order valence-electron chi connectivity index (χ2n) is 6.95. The molecule has 0 bridgehead atoms. The lowest BCUT2D eigenvalue weighted by Crippen LogP contribution is -2.24. The molecular weight excluding hydrogens is 405 g/mol. The van der Waals surface area contributed by atoms with Crippen LogP contribution in [0, 0.1) is 0 Å². The zero-order valence-corrected chi connectivity index (χ0v) is 17.3. The first-order valence-electron chi connectivity index (χ1n) is 9.15. The molecule has 1 amide bonds. The third kappa shape index (κ3) is 4.20. The van der Waals surface area contributed by atoms with Crippen LogP contribution in [0.3, 0.4) is 0 Å². The smallest absolute Gasteiger partial charge is 0.237 e. The Balaban J connectivity index is 1.48. The van der Waals surface area contributed by atoms with E-state index in [1.54, 1.807) is 18.2 Å². The van der Waals surface area contributed by atoms with Crippen LogP contribution < -0.4 is 10.2 Å². The Hall–Kier alpha value is -1.44. The van der Waals surface area contributed by atoms with Gasteiger partial charge < -0.3 is 10.2 Å². The summed E-state index contributed by atoms with van der Waals surface area (Å²) in [5.74, 6) is 0.806. The lowest BCUT2D eigenvalue weighted by Gasteiger charge is -2.18. The summed E-state index contributed by atoms with van der Waals surface area (Å²) in [5, 5.41) is 13.1. The Morgan fingerprint density at radius 2 is 2.00 bits per heavy atom. The van der Waals surface area contributed by atoms with Crippen molar-refractivity contribution in [3.63, 3.8) is 0 Å². The van der Waals surface area contributed by atoms with Crippen LogP contribution in [-0.4, -0.2) is 39.0 Å². The van der Waals surface area contributed by atoms with Gasteiger partial charge in [0.1, 0.15) is 0 Å². The number of thioether (sulfide) groups is 1. The van der Waals surface area contributed by atoms with Gasteiger partial charge in [-0.15, -0.1) is 10.2 Å². The molecule has 1 aliphatic heterocycles. The quantitative estimate of drug-likeness (QED) is 0.682. The van der Waals surface area contributed by atoms with Gasteiger partial charge in [-0.3, -0.25) is 9.36 Å². The largest absolute Gasteiger partial charge is 0.341 e. The minimum Gasteiger partial charge on any atom is -0.341 e. The predicted octanol–water partition coefficient (Wildman–Crippen LogP) is 4.64. The van der Waals surface area contributed by atoms with Crippen molar-refractivity contribution < 1.29 is 4.79 Å². The molecule has 2 heterocycles. The number of anilines is 2. The highest BCUT2D eigenvalue weighted by Crippen LogP contribution is 2.42. The zero-order chi connectivity index (χ0) is 19.0. The molecule has 4 rings (SSSR count). The topological polar surface area (TPSA) is 63.1 Å². The molecule has 2 fully saturated rings. The van der Waals surface area contributed by atoms with Crippen LogP contribution in [0.1, 0.15) is 38.6 Å². The molecule has 1 unspecified atom stereocenters. The molecule has 1 saturated carbocycles. The van der Waals surface area contributed by atoms with Gasteiger partial charge >= 0.3 is 0 Å². The van der Waals surface area contributed by atoms with Crippen LogP contribution in [0.5, 0.6) is 0 Å². The molecule has 1 N–H and O–H groups in total. The monoisotopic (exact) mass is 425 g/mol. The normalized spacial score (nSPS) is 18.0. The van der Waals surface area contributed by atoms with Crippen LogP contribution >= 0.6 is 35.0 Å². The lowest BCUT2D eigenvalue weighted by atomic mass is 10.3. The summed E-state index contributed by atoms with van der Waals surface area (Å²) in [7, 11) is 0. The van der Waals surface area contributed by atoms with Gasteiger partial charge in [0.05, 0.1) is 16.0 Å². The van der Waals surface area contributed by atoms with Crippen molar-refractivity contribution >= 4 is 52.5 Å². The fourth-order valence-corrected chi connectivity index (χ4v) is 4.43. The summed E-state index contributed by atoms with van der Waals surface area (Å²) >= 11 is 13.6. The molecule has 0 radical (unpaired) electrons. The number of benzene rings is 1. The fraction of sp³-hybridized carbons (Fsp3) is 0.500. The molecule has 2 aliphatic rings. The number of carbonyl (C=O) groups is 1. The summed E-state index contributed by atoms with van der Waals surface area (Å²) < 4.78 is 2.21. The number of rotatable bonds is 6. The molecule has 27 heavy (non-hydrogen) atoms. The molecule has 1 aromatic carbocycles. The van der Waals surface area contributed by atoms with Crippen LogP contribution in [0.4, 0.5) is 11.6 Å². The van der Waals surface area contributed by atoms with E-state index in [2.05, 4.69) is 25.0 Å². The van der Waals surface area contributed by atoms with Crippen LogP contribution in [0.2, 0.25) is 10.0 Å². The third-order valence-electron chi connectivity index (χ3n) is 4.79. The van der Waals surface area contributed by atoms with Gasteiger partial charge in [0.2, 0.25) is 11.9 Å². The van der Waals surface area contributed by atoms with Gasteiger partial charge in [-0.25, -0.2) is 0 Å². The highest BCUT2D eigenvalue weighted by atomic mass is 35.5. The Morgan fingerprint density at radius 1 is 1.26 bits per heavy atom. The summed E-state index contributed by atoms with van der Waals surface area (Å²) in [6, 6.07) is 5.46. The first-order valence-corrected chi connectivity index (χ1v) is 10.8. The van der Waals surface area contributed by atoms with Crippen LogP contribution in [0.25, 0.3) is 0 Å². The van der Waals surface area contributed by atoms with Gasteiger partial charge in [0, 0.05) is 24.2 Å². The SMILES string of the molecule is CC(Sc1nnc(N2CCCC2)n1C1CC1)C(=O)Nc1cc(Cl)ccc1Cl. The van der Waals surface area contributed by atoms with Crippen molar-refractivity contribution in [3.8, 4) is 0 Å².